The number of piperidine rings is 1. The van der Waals surface area contributed by atoms with Gasteiger partial charge in [-0.15, -0.1) is 0 Å². The number of nitrogens with two attached hydrogens (primary N) is 1. The fraction of sp³-hybridized carbons (Fsp3) is 0.593. The number of thioether (sulfide) groups is 1. The maximum Gasteiger partial charge on any atom is 0.318 e. The molecule has 210 valence electrons. The molecule has 0 aliphatic carbocycles. The molecule has 1 fully saturated rings. The van der Waals surface area contributed by atoms with E-state index in [1.54, 1.807) is 25.3 Å². The van der Waals surface area contributed by atoms with Crippen LogP contribution in [-0.2, 0) is 14.8 Å². The molecule has 1 aromatic carbocycles. The predicted molar refractivity (Wildman–Crippen MR) is 157 cm³/mol. The van der Waals surface area contributed by atoms with Crippen LogP contribution < -0.4 is 16.0 Å². The van der Waals surface area contributed by atoms with Crippen LogP contribution in [0.4, 0.5) is 10.5 Å². The molecule has 0 radical (unpaired) electrons. The van der Waals surface area contributed by atoms with E-state index in [4.69, 9.17) is 10.7 Å². The van der Waals surface area contributed by atoms with E-state index in [1.165, 1.54) is 39.6 Å². The van der Waals surface area contributed by atoms with Crippen LogP contribution in [0.15, 0.2) is 22.5 Å². The molecule has 0 unspecified atom stereocenters. The quantitative estimate of drug-likeness (QED) is 0.369. The maximum atomic E-state index is 13.1. The van der Waals surface area contributed by atoms with Crippen molar-refractivity contribution in [3.05, 3.63) is 34.2 Å². The van der Waals surface area contributed by atoms with Gasteiger partial charge in [0.1, 0.15) is 11.4 Å². The maximum absolute atomic E-state index is 13.1. The Morgan fingerprint density at radius 3 is 2.37 bits per heavy atom. The number of carbonyl (C=O) groups excluding carboxylic acids is 2. The minimum absolute atomic E-state index is 0.104. The first-order valence-corrected chi connectivity index (χ1v) is 16.1. The van der Waals surface area contributed by atoms with Crippen LogP contribution >= 0.6 is 11.8 Å². The number of amides is 3. The third kappa shape index (κ3) is 7.39. The van der Waals surface area contributed by atoms with Gasteiger partial charge in [-0.1, -0.05) is 19.3 Å². The lowest BCUT2D eigenvalue weighted by Crippen LogP contribution is -2.50. The highest BCUT2D eigenvalue weighted by Crippen LogP contribution is 2.32. The lowest BCUT2D eigenvalue weighted by molar-refractivity contribution is -0.124. The van der Waals surface area contributed by atoms with Crippen molar-refractivity contribution in [3.8, 4) is 0 Å². The number of carbonyl (C=O) groups is 2. The van der Waals surface area contributed by atoms with Crippen molar-refractivity contribution in [1.82, 2.24) is 9.62 Å². The smallest absolute Gasteiger partial charge is 0.318 e. The van der Waals surface area contributed by atoms with Crippen molar-refractivity contribution in [2.75, 3.05) is 37.0 Å². The van der Waals surface area contributed by atoms with E-state index in [9.17, 15) is 18.0 Å². The number of hydrogen-bond acceptors (Lipinski definition) is 6. The number of hydrogen-bond donors (Lipinski definition) is 2. The zero-order valence-electron chi connectivity index (χ0n) is 23.0. The van der Waals surface area contributed by atoms with Gasteiger partial charge in [-0.25, -0.2) is 13.2 Å². The SMILES string of the molecule is CSCCCCCCCC1=NC2(CCN(S(=O)(=O)/C=C/c3c(C)cc(N(C)C(N)=O)cc3C)CC2)C(=O)N1. The van der Waals surface area contributed by atoms with Crippen molar-refractivity contribution in [2.24, 2.45) is 10.7 Å². The van der Waals surface area contributed by atoms with Crippen LogP contribution in [0.2, 0.25) is 0 Å². The van der Waals surface area contributed by atoms with Crippen LogP contribution in [0, 0.1) is 13.8 Å². The van der Waals surface area contributed by atoms with Gasteiger partial charge in [0, 0.05) is 37.7 Å². The summed E-state index contributed by atoms with van der Waals surface area (Å²) in [6.45, 7) is 4.21. The molecule has 1 aromatic rings. The molecule has 0 aromatic heterocycles. The van der Waals surface area contributed by atoms with Crippen molar-refractivity contribution in [1.29, 1.82) is 0 Å². The van der Waals surface area contributed by atoms with Gasteiger partial charge >= 0.3 is 6.03 Å². The van der Waals surface area contributed by atoms with Crippen LogP contribution in [-0.4, -0.2) is 68.2 Å². The molecular weight excluding hydrogens is 522 g/mol. The Morgan fingerprint density at radius 1 is 1.16 bits per heavy atom. The monoisotopic (exact) mass is 563 g/mol. The van der Waals surface area contributed by atoms with Gasteiger partial charge in [0.25, 0.3) is 5.91 Å². The van der Waals surface area contributed by atoms with Crippen LogP contribution in [0.25, 0.3) is 6.08 Å². The first-order chi connectivity index (χ1) is 18.0. The number of anilines is 1. The molecule has 38 heavy (non-hydrogen) atoms. The number of nitrogens with one attached hydrogen (secondary N) is 1. The van der Waals surface area contributed by atoms with Crippen molar-refractivity contribution in [2.45, 2.75) is 70.8 Å². The number of aryl methyl sites for hydroxylation is 2. The third-order valence-electron chi connectivity index (χ3n) is 7.40. The van der Waals surface area contributed by atoms with E-state index in [0.29, 0.717) is 18.5 Å². The Hall–Kier alpha value is -2.37. The number of urea groups is 1. The summed E-state index contributed by atoms with van der Waals surface area (Å²) < 4.78 is 27.6. The van der Waals surface area contributed by atoms with E-state index in [-0.39, 0.29) is 19.0 Å². The number of unbranched alkanes of at least 4 members (excludes halogenated alkanes) is 4. The zero-order chi connectivity index (χ0) is 27.9. The molecule has 3 amide bonds. The standard InChI is InChI=1S/C27H41N5O4S2/c1-20-18-22(31(3)26(28)34)19-21(2)23(20)11-17-38(35,36)32-14-12-27(13-15-32)25(33)29-24(30-27)10-8-6-5-7-9-16-37-4/h11,17-19H,5-10,12-16H2,1-4H3,(H2,28,34)(H,29,30,33)/b17-11+. The van der Waals surface area contributed by atoms with Crippen molar-refractivity contribution < 1.29 is 18.0 Å². The predicted octanol–water partition coefficient (Wildman–Crippen LogP) is 4.19. The average molecular weight is 564 g/mol. The molecule has 1 spiro atoms. The lowest BCUT2D eigenvalue weighted by atomic mass is 9.89. The second kappa shape index (κ2) is 13.1. The summed E-state index contributed by atoms with van der Waals surface area (Å²) in [5.41, 5.74) is 7.61. The number of primary amides is 1. The number of sulfonamides is 1. The Bertz CT molecular complexity index is 1160. The summed E-state index contributed by atoms with van der Waals surface area (Å²) in [7, 11) is -2.08. The summed E-state index contributed by atoms with van der Waals surface area (Å²) in [5.74, 6) is 1.84. The normalized spacial score (nSPS) is 17.7. The number of rotatable bonds is 12. The third-order valence-corrected chi connectivity index (χ3v) is 9.67. The average Bonchev–Trinajstić information content (AvgIpc) is 3.16. The summed E-state index contributed by atoms with van der Waals surface area (Å²) in [6, 6.07) is 3.03. The number of nitrogens with zero attached hydrogens (tertiary/aromatic N) is 3. The fourth-order valence-electron chi connectivity index (χ4n) is 5.00. The van der Waals surface area contributed by atoms with E-state index in [0.717, 1.165) is 41.8 Å². The Labute approximate surface area is 231 Å². The van der Waals surface area contributed by atoms with Crippen molar-refractivity contribution in [3.63, 3.8) is 0 Å². The Morgan fingerprint density at radius 2 is 1.76 bits per heavy atom. The molecule has 1 saturated heterocycles. The molecule has 0 saturated carbocycles. The van der Waals surface area contributed by atoms with Gasteiger partial charge in [-0.05, 0) is 86.4 Å². The van der Waals surface area contributed by atoms with Gasteiger partial charge in [-0.2, -0.15) is 16.1 Å². The molecule has 9 nitrogen and oxygen atoms in total. The second-order valence-corrected chi connectivity index (χ2v) is 13.0. The minimum Gasteiger partial charge on any atom is -0.351 e. The van der Waals surface area contributed by atoms with Crippen LogP contribution in [0.5, 0.6) is 0 Å². The van der Waals surface area contributed by atoms with E-state index < -0.39 is 21.6 Å². The molecular formula is C27H41N5O4S2. The largest absolute Gasteiger partial charge is 0.351 e. The highest BCUT2D eigenvalue weighted by atomic mass is 32.2. The van der Waals surface area contributed by atoms with Gasteiger partial charge in [-0.3, -0.25) is 14.7 Å². The molecule has 11 heteroatoms. The highest BCUT2D eigenvalue weighted by Gasteiger charge is 2.46. The summed E-state index contributed by atoms with van der Waals surface area (Å²) in [4.78, 5) is 30.4. The fourth-order valence-corrected chi connectivity index (χ4v) is 6.66. The van der Waals surface area contributed by atoms with Gasteiger partial charge < -0.3 is 11.1 Å². The number of amidine groups is 1. The first-order valence-electron chi connectivity index (χ1n) is 13.2. The first kappa shape index (κ1) is 30.2. The molecule has 3 N–H and O–H groups in total. The van der Waals surface area contributed by atoms with E-state index >= 15 is 0 Å². The Kier molecular flexibility index (Phi) is 10.4. The highest BCUT2D eigenvalue weighted by molar-refractivity contribution is 7.98. The molecule has 2 aliphatic rings. The number of aliphatic imine (C=N–C) groups is 1. The molecule has 3 rings (SSSR count). The summed E-state index contributed by atoms with van der Waals surface area (Å²) in [6.07, 6.45) is 11.0. The summed E-state index contributed by atoms with van der Waals surface area (Å²) in [5, 5.41) is 4.17. The van der Waals surface area contributed by atoms with Crippen LogP contribution in [0.1, 0.15) is 68.1 Å². The van der Waals surface area contributed by atoms with Gasteiger partial charge in [0.05, 0.1) is 0 Å². The summed E-state index contributed by atoms with van der Waals surface area (Å²) >= 11 is 1.88. The molecule has 2 heterocycles. The molecule has 2 aliphatic heterocycles. The van der Waals surface area contributed by atoms with Gasteiger partial charge in [0.15, 0.2) is 0 Å². The minimum atomic E-state index is -3.67. The van der Waals surface area contributed by atoms with E-state index in [2.05, 4.69) is 11.6 Å². The van der Waals surface area contributed by atoms with Crippen molar-refractivity contribution >= 4 is 51.3 Å². The number of benzene rings is 1. The van der Waals surface area contributed by atoms with E-state index in [1.807, 2.05) is 25.6 Å². The molecule has 0 atom stereocenters. The van der Waals surface area contributed by atoms with Gasteiger partial charge in [0.2, 0.25) is 10.0 Å². The van der Waals surface area contributed by atoms with Crippen LogP contribution in [0.3, 0.4) is 0 Å². The lowest BCUT2D eigenvalue weighted by Gasteiger charge is -2.34. The zero-order valence-corrected chi connectivity index (χ0v) is 24.6. The molecule has 0 bridgehead atoms. The second-order valence-electron chi connectivity index (χ2n) is 10.2. The Balaban J connectivity index is 1.58. The topological polar surface area (TPSA) is 125 Å².